The highest BCUT2D eigenvalue weighted by Gasteiger charge is 2.33. The van der Waals surface area contributed by atoms with Gasteiger partial charge in [0.2, 0.25) is 17.7 Å². The van der Waals surface area contributed by atoms with Gasteiger partial charge in [0.05, 0.1) is 12.5 Å². The van der Waals surface area contributed by atoms with Crippen LogP contribution in [0.2, 0.25) is 0 Å². The number of aliphatic imine (C=N–C) groups is 1. The van der Waals surface area contributed by atoms with Crippen molar-refractivity contribution in [2.24, 2.45) is 34.0 Å². The Morgan fingerprint density at radius 3 is 1.94 bits per heavy atom. The molecular weight excluding hydrogens is 474 g/mol. The second-order valence-electron chi connectivity index (χ2n) is 9.12. The van der Waals surface area contributed by atoms with E-state index < -0.39 is 66.2 Å². The third kappa shape index (κ3) is 12.9. The van der Waals surface area contributed by atoms with E-state index in [1.807, 2.05) is 0 Å². The van der Waals surface area contributed by atoms with E-state index in [4.69, 9.17) is 17.2 Å². The molecule has 11 N–H and O–H groups in total. The van der Waals surface area contributed by atoms with E-state index in [1.54, 1.807) is 27.7 Å². The Hall–Kier alpha value is -3.42. The molecule has 14 nitrogen and oxygen atoms in total. The van der Waals surface area contributed by atoms with Crippen LogP contribution in [-0.2, 0) is 24.0 Å². The SMILES string of the molecule is CCC(C)C(NC(=O)C(CC(=O)O)NC(=O)C(N)CCCN=C(N)N)C(=O)NC(CC(C)C)C(=O)O. The normalized spacial score (nSPS) is 15.1. The Morgan fingerprint density at radius 1 is 0.889 bits per heavy atom. The molecular formula is C22H41N7O7. The molecule has 0 saturated heterocycles. The summed E-state index contributed by atoms with van der Waals surface area (Å²) >= 11 is 0. The molecule has 0 aliphatic rings. The maximum Gasteiger partial charge on any atom is 0.326 e. The fourth-order valence-corrected chi connectivity index (χ4v) is 3.22. The van der Waals surface area contributed by atoms with Crippen molar-refractivity contribution >= 4 is 35.6 Å². The van der Waals surface area contributed by atoms with Crippen LogP contribution in [0.5, 0.6) is 0 Å². The zero-order chi connectivity index (χ0) is 28.0. The summed E-state index contributed by atoms with van der Waals surface area (Å²) in [5, 5.41) is 25.9. The van der Waals surface area contributed by atoms with Crippen LogP contribution in [0.3, 0.4) is 0 Å². The molecule has 0 bridgehead atoms. The fraction of sp³-hybridized carbons (Fsp3) is 0.727. The summed E-state index contributed by atoms with van der Waals surface area (Å²) in [5.41, 5.74) is 16.3. The highest BCUT2D eigenvalue weighted by Crippen LogP contribution is 2.11. The Balaban J connectivity index is 5.47. The van der Waals surface area contributed by atoms with Crippen LogP contribution in [0, 0.1) is 11.8 Å². The smallest absolute Gasteiger partial charge is 0.326 e. The molecule has 5 atom stereocenters. The molecule has 0 aromatic rings. The van der Waals surface area contributed by atoms with Gasteiger partial charge in [-0.05, 0) is 31.1 Å². The molecule has 0 saturated carbocycles. The minimum atomic E-state index is -1.51. The van der Waals surface area contributed by atoms with Crippen molar-refractivity contribution in [2.75, 3.05) is 6.54 Å². The van der Waals surface area contributed by atoms with Gasteiger partial charge >= 0.3 is 11.9 Å². The number of nitrogens with zero attached hydrogens (tertiary/aromatic N) is 1. The molecule has 5 unspecified atom stereocenters. The molecule has 0 fully saturated rings. The lowest BCUT2D eigenvalue weighted by molar-refractivity contribution is -0.144. The first-order valence-corrected chi connectivity index (χ1v) is 11.9. The Morgan fingerprint density at radius 2 is 1.47 bits per heavy atom. The van der Waals surface area contributed by atoms with Crippen molar-refractivity contribution in [1.82, 2.24) is 16.0 Å². The largest absolute Gasteiger partial charge is 0.481 e. The second kappa shape index (κ2) is 16.3. The van der Waals surface area contributed by atoms with Crippen molar-refractivity contribution in [3.8, 4) is 0 Å². The quantitative estimate of drug-likeness (QED) is 0.0630. The Kier molecular flexibility index (Phi) is 14.7. The van der Waals surface area contributed by atoms with Crippen LogP contribution in [0.1, 0.15) is 59.8 Å². The summed E-state index contributed by atoms with van der Waals surface area (Å²) < 4.78 is 0. The van der Waals surface area contributed by atoms with Crippen LogP contribution < -0.4 is 33.2 Å². The predicted molar refractivity (Wildman–Crippen MR) is 132 cm³/mol. The van der Waals surface area contributed by atoms with Gasteiger partial charge < -0.3 is 43.4 Å². The van der Waals surface area contributed by atoms with Crippen molar-refractivity contribution in [3.63, 3.8) is 0 Å². The summed E-state index contributed by atoms with van der Waals surface area (Å²) in [6.07, 6.45) is 0.435. The fourth-order valence-electron chi connectivity index (χ4n) is 3.22. The zero-order valence-corrected chi connectivity index (χ0v) is 21.3. The van der Waals surface area contributed by atoms with Gasteiger partial charge in [0.15, 0.2) is 5.96 Å². The van der Waals surface area contributed by atoms with Crippen LogP contribution in [0.15, 0.2) is 4.99 Å². The number of carboxylic acid groups (broad SMARTS) is 2. The van der Waals surface area contributed by atoms with E-state index in [1.165, 1.54) is 0 Å². The van der Waals surface area contributed by atoms with E-state index in [0.717, 1.165) is 0 Å². The zero-order valence-electron chi connectivity index (χ0n) is 21.3. The first kappa shape index (κ1) is 32.6. The van der Waals surface area contributed by atoms with Crippen molar-refractivity contribution in [1.29, 1.82) is 0 Å². The van der Waals surface area contributed by atoms with Gasteiger partial charge in [-0.25, -0.2) is 4.79 Å². The van der Waals surface area contributed by atoms with Crippen LogP contribution in [0.4, 0.5) is 0 Å². The van der Waals surface area contributed by atoms with Crippen LogP contribution >= 0.6 is 0 Å². The Bertz CT molecular complexity index is 800. The first-order valence-electron chi connectivity index (χ1n) is 11.9. The molecule has 36 heavy (non-hydrogen) atoms. The number of nitrogens with two attached hydrogens (primary N) is 3. The molecule has 0 radical (unpaired) electrons. The molecule has 3 amide bonds. The van der Waals surface area contributed by atoms with Gasteiger partial charge in [-0.3, -0.25) is 24.2 Å². The van der Waals surface area contributed by atoms with Gasteiger partial charge in [-0.15, -0.1) is 0 Å². The summed E-state index contributed by atoms with van der Waals surface area (Å²) in [5.74, 6) is -5.49. The third-order valence-electron chi connectivity index (χ3n) is 5.43. The summed E-state index contributed by atoms with van der Waals surface area (Å²) in [4.78, 5) is 65.0. The minimum absolute atomic E-state index is 0.0122. The number of carbonyl (C=O) groups is 5. The van der Waals surface area contributed by atoms with Crippen molar-refractivity contribution in [3.05, 3.63) is 0 Å². The van der Waals surface area contributed by atoms with E-state index in [-0.39, 0.29) is 31.3 Å². The van der Waals surface area contributed by atoms with Crippen molar-refractivity contribution in [2.45, 2.75) is 84.0 Å². The lowest BCUT2D eigenvalue weighted by Gasteiger charge is -2.28. The second-order valence-corrected chi connectivity index (χ2v) is 9.12. The average Bonchev–Trinajstić information content (AvgIpc) is 2.77. The summed E-state index contributed by atoms with van der Waals surface area (Å²) in [6, 6.07) is -4.88. The number of nitrogens with one attached hydrogen (secondary N) is 3. The van der Waals surface area contributed by atoms with E-state index in [9.17, 15) is 34.2 Å². The number of carboxylic acids is 2. The molecule has 0 aliphatic carbocycles. The number of hydrogen-bond acceptors (Lipinski definition) is 7. The standard InChI is InChI=1S/C22H41N7O7/c1-5-12(4)17(20(34)28-15(21(35)36)9-11(2)3)29-19(33)14(10-16(30)31)27-18(32)13(23)7-6-8-26-22(24)25/h11-15,17H,5-10,23H2,1-4H3,(H,27,32)(H,28,34)(H,29,33)(H,30,31)(H,35,36)(H4,24,25,26). The molecule has 0 aromatic carbocycles. The summed E-state index contributed by atoms with van der Waals surface area (Å²) in [7, 11) is 0. The molecule has 0 rings (SSSR count). The lowest BCUT2D eigenvalue weighted by atomic mass is 9.96. The molecule has 14 heteroatoms. The predicted octanol–water partition coefficient (Wildman–Crippen LogP) is -1.53. The molecule has 0 spiro atoms. The van der Waals surface area contributed by atoms with Crippen LogP contribution in [-0.4, -0.2) is 76.5 Å². The van der Waals surface area contributed by atoms with E-state index in [0.29, 0.717) is 12.8 Å². The highest BCUT2D eigenvalue weighted by atomic mass is 16.4. The van der Waals surface area contributed by atoms with Gasteiger partial charge in [0, 0.05) is 6.54 Å². The number of guanidine groups is 1. The molecule has 0 heterocycles. The van der Waals surface area contributed by atoms with Crippen molar-refractivity contribution < 1.29 is 34.2 Å². The van der Waals surface area contributed by atoms with E-state index >= 15 is 0 Å². The Labute approximate surface area is 210 Å². The highest BCUT2D eigenvalue weighted by molar-refractivity contribution is 5.95. The monoisotopic (exact) mass is 515 g/mol. The lowest BCUT2D eigenvalue weighted by Crippen LogP contribution is -2.59. The molecule has 0 aliphatic heterocycles. The number of rotatable bonds is 17. The molecule has 206 valence electrons. The molecule has 0 aromatic heterocycles. The van der Waals surface area contributed by atoms with Gasteiger partial charge in [0.25, 0.3) is 0 Å². The number of aliphatic carboxylic acids is 2. The first-order chi connectivity index (χ1) is 16.7. The maximum absolute atomic E-state index is 12.9. The summed E-state index contributed by atoms with van der Waals surface area (Å²) in [6.45, 7) is 7.31. The number of hydrogen-bond donors (Lipinski definition) is 8. The van der Waals surface area contributed by atoms with E-state index in [2.05, 4.69) is 20.9 Å². The number of carbonyl (C=O) groups excluding carboxylic acids is 3. The van der Waals surface area contributed by atoms with Crippen LogP contribution in [0.25, 0.3) is 0 Å². The number of amides is 3. The third-order valence-corrected chi connectivity index (χ3v) is 5.43. The average molecular weight is 516 g/mol. The van der Waals surface area contributed by atoms with Gasteiger partial charge in [-0.2, -0.15) is 0 Å². The minimum Gasteiger partial charge on any atom is -0.481 e. The van der Waals surface area contributed by atoms with Gasteiger partial charge in [0.1, 0.15) is 18.1 Å². The maximum atomic E-state index is 12.9. The van der Waals surface area contributed by atoms with Gasteiger partial charge in [-0.1, -0.05) is 34.1 Å². The topological polar surface area (TPSA) is 252 Å².